The minimum absolute atomic E-state index is 0.510. The first kappa shape index (κ1) is 18.7. The first-order chi connectivity index (χ1) is 13.8. The third-order valence-electron chi connectivity index (χ3n) is 5.49. The Morgan fingerprint density at radius 3 is 1.38 bits per heavy atom. The second-order valence-electron chi connectivity index (χ2n) is 7.41. The molecule has 8 heteroatoms. The summed E-state index contributed by atoms with van der Waals surface area (Å²) in [6.07, 6.45) is 0. The van der Waals surface area contributed by atoms with Crippen LogP contribution in [0.4, 0.5) is 9.59 Å². The van der Waals surface area contributed by atoms with E-state index in [1.54, 1.807) is 24.3 Å². The molecule has 0 aromatic heterocycles. The highest BCUT2D eigenvalue weighted by atomic mass is 16.2. The smallest absolute Gasteiger partial charge is 0.328 e. The Hall–Kier alpha value is -3.68. The van der Waals surface area contributed by atoms with Gasteiger partial charge < -0.3 is 10.6 Å². The zero-order valence-electron chi connectivity index (χ0n) is 15.9. The summed E-state index contributed by atoms with van der Waals surface area (Å²) in [5.41, 5.74) is 1.35. The van der Waals surface area contributed by atoms with Crippen LogP contribution in [0.1, 0.15) is 34.3 Å². The van der Waals surface area contributed by atoms with E-state index in [-0.39, 0.29) is 0 Å². The number of aryl methyl sites for hydroxylation is 2. The SMILES string of the molecule is Cc1ccc([C@H]2NC(=O)N[C@@H](c3ccc(C)cc3)C23C(=O)NC(=O)NC3=O)cc1. The van der Waals surface area contributed by atoms with Crippen LogP contribution >= 0.6 is 0 Å². The lowest BCUT2D eigenvalue weighted by Gasteiger charge is -2.48. The topological polar surface area (TPSA) is 116 Å². The molecule has 148 valence electrons. The van der Waals surface area contributed by atoms with Crippen molar-refractivity contribution in [2.24, 2.45) is 5.41 Å². The molecule has 2 aromatic carbocycles. The van der Waals surface area contributed by atoms with Crippen molar-refractivity contribution in [3.05, 3.63) is 70.8 Å². The number of imide groups is 2. The monoisotopic (exact) mass is 392 g/mol. The lowest BCUT2D eigenvalue weighted by molar-refractivity contribution is -0.150. The minimum Gasteiger partial charge on any atom is -0.330 e. The molecule has 2 aromatic rings. The summed E-state index contributed by atoms with van der Waals surface area (Å²) in [5, 5.41) is 9.85. The van der Waals surface area contributed by atoms with Gasteiger partial charge in [0.15, 0.2) is 5.41 Å². The number of carbonyl (C=O) groups excluding carboxylic acids is 4. The third-order valence-corrected chi connectivity index (χ3v) is 5.49. The normalized spacial score (nSPS) is 23.1. The maximum absolute atomic E-state index is 13.2. The second kappa shape index (κ2) is 6.73. The van der Waals surface area contributed by atoms with Crippen LogP contribution in [-0.4, -0.2) is 23.9 Å². The van der Waals surface area contributed by atoms with Crippen molar-refractivity contribution in [1.29, 1.82) is 0 Å². The van der Waals surface area contributed by atoms with Gasteiger partial charge in [-0.15, -0.1) is 0 Å². The second-order valence-corrected chi connectivity index (χ2v) is 7.41. The highest BCUT2D eigenvalue weighted by Gasteiger charge is 2.64. The number of nitrogens with one attached hydrogen (secondary N) is 4. The van der Waals surface area contributed by atoms with Gasteiger partial charge in [0, 0.05) is 0 Å². The van der Waals surface area contributed by atoms with Gasteiger partial charge in [0.25, 0.3) is 0 Å². The lowest BCUT2D eigenvalue weighted by atomic mass is 9.65. The number of rotatable bonds is 2. The van der Waals surface area contributed by atoms with E-state index in [1.807, 2.05) is 38.1 Å². The largest absolute Gasteiger partial charge is 0.330 e. The molecule has 4 rings (SSSR count). The molecular weight excluding hydrogens is 372 g/mol. The molecule has 0 unspecified atom stereocenters. The van der Waals surface area contributed by atoms with Crippen molar-refractivity contribution in [3.63, 3.8) is 0 Å². The first-order valence-electron chi connectivity index (χ1n) is 9.19. The van der Waals surface area contributed by atoms with Crippen molar-refractivity contribution >= 4 is 23.9 Å². The van der Waals surface area contributed by atoms with E-state index in [1.165, 1.54) is 0 Å². The summed E-state index contributed by atoms with van der Waals surface area (Å²) >= 11 is 0. The zero-order chi connectivity index (χ0) is 20.8. The summed E-state index contributed by atoms with van der Waals surface area (Å²) in [5.74, 6) is -1.54. The number of carbonyl (C=O) groups is 4. The van der Waals surface area contributed by atoms with E-state index in [0.717, 1.165) is 11.1 Å². The van der Waals surface area contributed by atoms with Crippen LogP contribution in [0.25, 0.3) is 0 Å². The van der Waals surface area contributed by atoms with Crippen LogP contribution in [0, 0.1) is 19.3 Å². The maximum atomic E-state index is 13.2. The first-order valence-corrected chi connectivity index (χ1v) is 9.19. The van der Waals surface area contributed by atoms with Gasteiger partial charge in [-0.05, 0) is 25.0 Å². The van der Waals surface area contributed by atoms with Crippen LogP contribution in [0.3, 0.4) is 0 Å². The Bertz CT molecular complexity index is 934. The summed E-state index contributed by atoms with van der Waals surface area (Å²) in [6.45, 7) is 3.82. The number of hydrogen-bond donors (Lipinski definition) is 4. The Balaban J connectivity index is 1.93. The van der Waals surface area contributed by atoms with Crippen LogP contribution in [0.2, 0.25) is 0 Å². The molecule has 2 aliphatic rings. The van der Waals surface area contributed by atoms with Gasteiger partial charge in [-0.1, -0.05) is 59.7 Å². The molecule has 2 atom stereocenters. The molecule has 0 radical (unpaired) electrons. The molecule has 6 amide bonds. The molecule has 2 heterocycles. The van der Waals surface area contributed by atoms with Crippen LogP contribution < -0.4 is 21.3 Å². The number of amides is 6. The van der Waals surface area contributed by atoms with E-state index in [0.29, 0.717) is 11.1 Å². The lowest BCUT2D eigenvalue weighted by Crippen LogP contribution is -2.73. The Labute approximate surface area is 167 Å². The third kappa shape index (κ3) is 2.93. The van der Waals surface area contributed by atoms with E-state index in [2.05, 4.69) is 21.3 Å². The van der Waals surface area contributed by atoms with Crippen molar-refractivity contribution in [2.45, 2.75) is 25.9 Å². The molecule has 1 spiro atoms. The van der Waals surface area contributed by atoms with Crippen molar-refractivity contribution < 1.29 is 19.2 Å². The molecule has 8 nitrogen and oxygen atoms in total. The molecule has 0 aliphatic carbocycles. The quantitative estimate of drug-likeness (QED) is 0.583. The zero-order valence-corrected chi connectivity index (χ0v) is 15.9. The standard InChI is InChI=1S/C21H20N4O4/c1-11-3-7-13(8-4-11)15-21(17(26)24-20(29)25-18(21)27)16(23-19(28)22-15)14-9-5-12(2)6-10-14/h3-10,15-16H,1-2H3,(H2,22,23,28)(H2,24,25,26,27,29)/t15-,16+. The Kier molecular flexibility index (Phi) is 4.34. The molecule has 0 saturated carbocycles. The van der Waals surface area contributed by atoms with Crippen molar-refractivity contribution in [3.8, 4) is 0 Å². The fraction of sp³-hybridized carbons (Fsp3) is 0.238. The van der Waals surface area contributed by atoms with E-state index < -0.39 is 41.4 Å². The number of hydrogen-bond acceptors (Lipinski definition) is 4. The molecule has 0 bridgehead atoms. The highest BCUT2D eigenvalue weighted by molar-refractivity contribution is 6.21. The van der Waals surface area contributed by atoms with Gasteiger partial charge >= 0.3 is 12.1 Å². The summed E-state index contributed by atoms with van der Waals surface area (Å²) in [7, 11) is 0. The summed E-state index contributed by atoms with van der Waals surface area (Å²) in [4.78, 5) is 50.7. The number of urea groups is 2. The van der Waals surface area contributed by atoms with Gasteiger partial charge in [-0.25, -0.2) is 9.59 Å². The minimum atomic E-state index is -1.80. The van der Waals surface area contributed by atoms with E-state index >= 15 is 0 Å². The van der Waals surface area contributed by atoms with Gasteiger partial charge in [0.1, 0.15) is 0 Å². The predicted octanol–water partition coefficient (Wildman–Crippen LogP) is 1.75. The van der Waals surface area contributed by atoms with Gasteiger partial charge in [-0.2, -0.15) is 0 Å². The predicted molar refractivity (Wildman–Crippen MR) is 104 cm³/mol. The average Bonchev–Trinajstić information content (AvgIpc) is 2.67. The Morgan fingerprint density at radius 2 is 1.00 bits per heavy atom. The fourth-order valence-electron chi connectivity index (χ4n) is 3.98. The Morgan fingerprint density at radius 1 is 0.621 bits per heavy atom. The molecular formula is C21H20N4O4. The van der Waals surface area contributed by atoms with Gasteiger partial charge in [-0.3, -0.25) is 20.2 Å². The molecule has 2 aliphatic heterocycles. The molecule has 2 fully saturated rings. The van der Waals surface area contributed by atoms with E-state index in [4.69, 9.17) is 0 Å². The number of barbiturate groups is 1. The fourth-order valence-corrected chi connectivity index (χ4v) is 3.98. The molecule has 2 saturated heterocycles. The van der Waals surface area contributed by atoms with Gasteiger partial charge in [0.05, 0.1) is 12.1 Å². The number of benzene rings is 2. The average molecular weight is 392 g/mol. The van der Waals surface area contributed by atoms with Crippen LogP contribution in [0.15, 0.2) is 48.5 Å². The highest BCUT2D eigenvalue weighted by Crippen LogP contribution is 2.48. The summed E-state index contributed by atoms with van der Waals surface area (Å²) in [6, 6.07) is 11.0. The van der Waals surface area contributed by atoms with Crippen molar-refractivity contribution in [1.82, 2.24) is 21.3 Å². The maximum Gasteiger partial charge on any atom is 0.328 e. The van der Waals surface area contributed by atoms with Crippen LogP contribution in [0.5, 0.6) is 0 Å². The van der Waals surface area contributed by atoms with E-state index in [9.17, 15) is 19.2 Å². The molecule has 4 N–H and O–H groups in total. The van der Waals surface area contributed by atoms with Crippen molar-refractivity contribution in [2.75, 3.05) is 0 Å². The molecule has 29 heavy (non-hydrogen) atoms. The van der Waals surface area contributed by atoms with Gasteiger partial charge in [0.2, 0.25) is 11.8 Å². The summed E-state index contributed by atoms with van der Waals surface area (Å²) < 4.78 is 0. The van der Waals surface area contributed by atoms with Crippen LogP contribution in [-0.2, 0) is 9.59 Å².